The van der Waals surface area contributed by atoms with E-state index in [1.807, 2.05) is 0 Å². The number of hydrogen-bond acceptors (Lipinski definition) is 0. The quantitative estimate of drug-likeness (QED) is 0.0857. The van der Waals surface area contributed by atoms with Gasteiger partial charge >= 0.3 is 0 Å². The molecular formula is C66H44N2Si. The Hall–Kier alpha value is -8.76. The van der Waals surface area contributed by atoms with Crippen LogP contribution < -0.4 is 20.7 Å². The normalized spacial score (nSPS) is 12.1. The average Bonchev–Trinajstić information content (AvgIpc) is 3.95. The summed E-state index contributed by atoms with van der Waals surface area (Å²) < 4.78 is 4.96. The largest absolute Gasteiger partial charge is 0.309 e. The molecule has 0 bridgehead atoms. The van der Waals surface area contributed by atoms with Crippen LogP contribution in [0.15, 0.2) is 267 Å². The number of rotatable bonds is 7. The van der Waals surface area contributed by atoms with Gasteiger partial charge in [0.15, 0.2) is 8.07 Å². The number of para-hydroxylation sites is 2. The topological polar surface area (TPSA) is 9.86 Å². The highest BCUT2D eigenvalue weighted by Gasteiger charge is 2.41. The second kappa shape index (κ2) is 15.7. The smallest absolute Gasteiger partial charge is 0.179 e. The molecule has 2 nitrogen and oxygen atoms in total. The van der Waals surface area contributed by atoms with E-state index in [0.29, 0.717) is 0 Å². The van der Waals surface area contributed by atoms with Crippen molar-refractivity contribution in [3.63, 3.8) is 0 Å². The molecular weight excluding hydrogens is 849 g/mol. The number of fused-ring (bicyclic) bond motifs is 13. The first-order chi connectivity index (χ1) is 34.3. The van der Waals surface area contributed by atoms with Gasteiger partial charge in [0.05, 0.1) is 22.1 Å². The van der Waals surface area contributed by atoms with Crippen molar-refractivity contribution in [2.75, 3.05) is 0 Å². The van der Waals surface area contributed by atoms with E-state index in [1.165, 1.54) is 108 Å². The molecule has 0 N–H and O–H groups in total. The van der Waals surface area contributed by atoms with E-state index >= 15 is 0 Å². The van der Waals surface area contributed by atoms with Crippen molar-refractivity contribution in [3.05, 3.63) is 267 Å². The summed E-state index contributed by atoms with van der Waals surface area (Å²) in [7, 11) is -2.87. The maximum absolute atomic E-state index is 2.87. The predicted molar refractivity (Wildman–Crippen MR) is 297 cm³/mol. The van der Waals surface area contributed by atoms with Gasteiger partial charge in [0.25, 0.3) is 0 Å². The maximum atomic E-state index is 2.51. The molecule has 0 aliphatic rings. The first kappa shape index (κ1) is 39.4. The predicted octanol–water partition coefficient (Wildman–Crippen LogP) is 14.4. The van der Waals surface area contributed by atoms with Gasteiger partial charge in [-0.15, -0.1) is 0 Å². The standard InChI is InChI=1S/C66H44N2Si/c1-4-19-45(20-5-1)46-21-18-26-52(43-46)69(49-22-6-2-7-23-49,50-24-8-3-9-25-50)51-38-35-47(36-39-51)67-63-41-37-48(68-61-33-16-14-30-56(61)57-31-15-17-34-62(57)68)44-60(63)66-64(67)42-40-59-55-29-11-10-27-53(55)54-28-12-13-32-58(54)65(59)66/h1-44H. The van der Waals surface area contributed by atoms with Gasteiger partial charge in [-0.1, -0.05) is 218 Å². The summed E-state index contributed by atoms with van der Waals surface area (Å²) >= 11 is 0. The highest BCUT2D eigenvalue weighted by atomic mass is 28.3. The summed E-state index contributed by atoms with van der Waals surface area (Å²) in [5, 5.41) is 18.1. The summed E-state index contributed by atoms with van der Waals surface area (Å²) in [6.07, 6.45) is 0. The van der Waals surface area contributed by atoms with E-state index in [2.05, 4.69) is 276 Å². The van der Waals surface area contributed by atoms with Crippen LogP contribution in [0.5, 0.6) is 0 Å². The third-order valence-electron chi connectivity index (χ3n) is 14.8. The number of benzene rings is 12. The Morgan fingerprint density at radius 2 is 0.638 bits per heavy atom. The molecule has 0 radical (unpaired) electrons. The van der Waals surface area contributed by atoms with Crippen molar-refractivity contribution in [1.29, 1.82) is 0 Å². The molecule has 2 aromatic heterocycles. The Morgan fingerprint density at radius 1 is 0.217 bits per heavy atom. The van der Waals surface area contributed by atoms with E-state index in [-0.39, 0.29) is 0 Å². The molecule has 0 saturated heterocycles. The number of hydrogen-bond donors (Lipinski definition) is 0. The molecule has 3 heteroatoms. The van der Waals surface area contributed by atoms with Gasteiger partial charge < -0.3 is 9.13 Å². The van der Waals surface area contributed by atoms with E-state index < -0.39 is 8.07 Å². The first-order valence-corrected chi connectivity index (χ1v) is 25.9. The Labute approximate surface area is 401 Å². The molecule has 0 atom stereocenters. The Morgan fingerprint density at radius 3 is 1.26 bits per heavy atom. The van der Waals surface area contributed by atoms with Crippen LogP contribution in [0.25, 0.3) is 98.4 Å². The second-order valence-electron chi connectivity index (χ2n) is 18.4. The minimum atomic E-state index is -2.87. The average molecular weight is 893 g/mol. The highest BCUT2D eigenvalue weighted by molar-refractivity contribution is 7.20. The summed E-state index contributed by atoms with van der Waals surface area (Å²) in [4.78, 5) is 0. The fourth-order valence-electron chi connectivity index (χ4n) is 11.9. The maximum Gasteiger partial charge on any atom is 0.179 e. The molecule has 0 aliphatic heterocycles. The lowest BCUT2D eigenvalue weighted by Crippen LogP contribution is -2.74. The molecule has 14 rings (SSSR count). The van der Waals surface area contributed by atoms with Crippen molar-refractivity contribution < 1.29 is 0 Å². The van der Waals surface area contributed by atoms with E-state index in [9.17, 15) is 0 Å². The van der Waals surface area contributed by atoms with Crippen LogP contribution in [0.3, 0.4) is 0 Å². The zero-order chi connectivity index (χ0) is 45.5. The fraction of sp³-hybridized carbons (Fsp3) is 0. The third kappa shape index (κ3) is 5.91. The highest BCUT2D eigenvalue weighted by Crippen LogP contribution is 2.44. The first-order valence-electron chi connectivity index (χ1n) is 23.9. The Bertz CT molecular complexity index is 4150. The van der Waals surface area contributed by atoms with Gasteiger partial charge in [-0.25, -0.2) is 0 Å². The molecule has 322 valence electrons. The van der Waals surface area contributed by atoms with Crippen LogP contribution in [0, 0.1) is 0 Å². The van der Waals surface area contributed by atoms with E-state index in [0.717, 1.165) is 11.4 Å². The lowest BCUT2D eigenvalue weighted by Gasteiger charge is -2.35. The van der Waals surface area contributed by atoms with E-state index in [1.54, 1.807) is 0 Å². The van der Waals surface area contributed by atoms with Crippen molar-refractivity contribution in [2.45, 2.75) is 0 Å². The SMILES string of the molecule is c1ccc(-c2cccc([Si](c3ccccc3)(c3ccccc3)c3ccc(-n4c5ccc(-n6c7ccccc7c7ccccc76)cc5c5c6c7ccccc7c7ccccc7c6ccc54)cc3)c2)cc1. The minimum Gasteiger partial charge on any atom is -0.309 e. The molecule has 0 amide bonds. The summed E-state index contributed by atoms with van der Waals surface area (Å²) in [6.45, 7) is 0. The zero-order valence-electron chi connectivity index (χ0n) is 37.8. The minimum absolute atomic E-state index is 1.13. The molecule has 0 fully saturated rings. The van der Waals surface area contributed by atoms with Gasteiger partial charge in [0.2, 0.25) is 0 Å². The van der Waals surface area contributed by atoms with Gasteiger partial charge in [0, 0.05) is 38.3 Å². The van der Waals surface area contributed by atoms with Gasteiger partial charge in [-0.05, 0) is 107 Å². The van der Waals surface area contributed by atoms with Crippen molar-refractivity contribution in [2.24, 2.45) is 0 Å². The van der Waals surface area contributed by atoms with Crippen molar-refractivity contribution in [1.82, 2.24) is 9.13 Å². The summed E-state index contributed by atoms with van der Waals surface area (Å²) in [6, 6.07) is 99.7. The monoisotopic (exact) mass is 892 g/mol. The molecule has 0 unspecified atom stereocenters. The molecule has 69 heavy (non-hydrogen) atoms. The molecule has 12 aromatic carbocycles. The van der Waals surface area contributed by atoms with Gasteiger partial charge in [-0.3, -0.25) is 0 Å². The van der Waals surface area contributed by atoms with Gasteiger partial charge in [-0.2, -0.15) is 0 Å². The molecule has 2 heterocycles. The molecule has 0 aliphatic carbocycles. The number of aromatic nitrogens is 2. The van der Waals surface area contributed by atoms with Crippen LogP contribution in [0.4, 0.5) is 0 Å². The number of nitrogens with zero attached hydrogens (tertiary/aromatic N) is 2. The molecule has 14 aromatic rings. The van der Waals surface area contributed by atoms with Crippen LogP contribution in [-0.2, 0) is 0 Å². The summed E-state index contributed by atoms with van der Waals surface area (Å²) in [5.74, 6) is 0. The zero-order valence-corrected chi connectivity index (χ0v) is 38.8. The summed E-state index contributed by atoms with van der Waals surface area (Å²) in [5.41, 5.74) is 9.51. The van der Waals surface area contributed by atoms with Crippen LogP contribution in [0.1, 0.15) is 0 Å². The third-order valence-corrected chi connectivity index (χ3v) is 19.6. The lowest BCUT2D eigenvalue weighted by atomic mass is 9.92. The van der Waals surface area contributed by atoms with Crippen LogP contribution in [-0.4, -0.2) is 17.2 Å². The Kier molecular flexibility index (Phi) is 8.95. The fourth-order valence-corrected chi connectivity index (χ4v) is 16.7. The van der Waals surface area contributed by atoms with Crippen molar-refractivity contribution in [3.8, 4) is 22.5 Å². The second-order valence-corrected chi connectivity index (χ2v) is 22.2. The van der Waals surface area contributed by atoms with Crippen LogP contribution in [0.2, 0.25) is 0 Å². The van der Waals surface area contributed by atoms with Crippen LogP contribution >= 0.6 is 0 Å². The molecule has 0 saturated carbocycles. The van der Waals surface area contributed by atoms with Crippen molar-refractivity contribution >= 4 is 105 Å². The van der Waals surface area contributed by atoms with Gasteiger partial charge in [0.1, 0.15) is 0 Å². The van der Waals surface area contributed by atoms with E-state index in [4.69, 9.17) is 0 Å². The Balaban J connectivity index is 1.05. The molecule has 0 spiro atoms. The lowest BCUT2D eigenvalue weighted by molar-refractivity contribution is 1.17.